The summed E-state index contributed by atoms with van der Waals surface area (Å²) in [5.74, 6) is 1.03. The van der Waals surface area contributed by atoms with Crippen molar-refractivity contribution < 1.29 is 18.3 Å². The maximum absolute atomic E-state index is 12.5. The molecule has 1 aliphatic rings. The third-order valence-electron chi connectivity index (χ3n) is 4.98. The van der Waals surface area contributed by atoms with Crippen molar-refractivity contribution in [1.29, 1.82) is 0 Å². The number of nitrogens with zero attached hydrogens (tertiary/aromatic N) is 2. The summed E-state index contributed by atoms with van der Waals surface area (Å²) in [5.41, 5.74) is 0.750. The lowest BCUT2D eigenvalue weighted by Crippen LogP contribution is -2.41. The zero-order valence-electron chi connectivity index (χ0n) is 16.7. The van der Waals surface area contributed by atoms with Crippen molar-refractivity contribution in [2.24, 2.45) is 10.9 Å². The highest BCUT2D eigenvalue weighted by Crippen LogP contribution is 2.24. The summed E-state index contributed by atoms with van der Waals surface area (Å²) in [6, 6.07) is 7.00. The van der Waals surface area contributed by atoms with Gasteiger partial charge in [0, 0.05) is 18.1 Å². The van der Waals surface area contributed by atoms with Crippen molar-refractivity contribution in [1.82, 2.24) is 15.5 Å². The number of benzene rings is 1. The summed E-state index contributed by atoms with van der Waals surface area (Å²) in [7, 11) is 0. The Morgan fingerprint density at radius 1 is 1.24 bits per heavy atom. The zero-order chi connectivity index (χ0) is 21.3. The number of aliphatic hydroxyl groups is 1. The molecule has 9 heteroatoms. The Morgan fingerprint density at radius 3 is 2.48 bits per heavy atom. The predicted molar refractivity (Wildman–Crippen MR) is 110 cm³/mol. The van der Waals surface area contributed by atoms with E-state index >= 15 is 0 Å². The Labute approximate surface area is 175 Å². The number of likely N-dealkylation sites (tertiary alicyclic amines) is 1. The molecule has 1 heterocycles. The zero-order valence-corrected chi connectivity index (χ0v) is 17.4. The molecular weight excluding hydrogens is 405 g/mol. The fraction of sp³-hybridized carbons (Fsp3) is 0.650. The highest BCUT2D eigenvalue weighted by Gasteiger charge is 2.32. The van der Waals surface area contributed by atoms with Gasteiger partial charge in [-0.15, -0.1) is 0 Å². The number of guanidine groups is 1. The number of hydrogen-bond acceptors (Lipinski definition) is 3. The molecule has 29 heavy (non-hydrogen) atoms. The van der Waals surface area contributed by atoms with E-state index in [0.29, 0.717) is 43.1 Å². The Bertz CT molecular complexity index is 632. The second kappa shape index (κ2) is 11.6. The SMILES string of the molecule is CCNC(=NCC(O)c1ccc(Cl)cc1)NCCC1CCN(CC(F)(F)F)CC1. The first-order valence-electron chi connectivity index (χ1n) is 10.0. The average Bonchev–Trinajstić information content (AvgIpc) is 2.66. The summed E-state index contributed by atoms with van der Waals surface area (Å²) in [5, 5.41) is 17.3. The average molecular weight is 435 g/mol. The van der Waals surface area contributed by atoms with Gasteiger partial charge in [0.15, 0.2) is 5.96 Å². The Morgan fingerprint density at radius 2 is 1.90 bits per heavy atom. The molecule has 1 unspecified atom stereocenters. The molecule has 0 bridgehead atoms. The maximum Gasteiger partial charge on any atom is 0.401 e. The molecule has 0 aliphatic carbocycles. The molecule has 3 N–H and O–H groups in total. The number of alkyl halides is 3. The van der Waals surface area contributed by atoms with E-state index < -0.39 is 18.8 Å². The van der Waals surface area contributed by atoms with Crippen molar-refractivity contribution in [2.45, 2.75) is 38.5 Å². The first-order valence-corrected chi connectivity index (χ1v) is 10.4. The van der Waals surface area contributed by atoms with Crippen LogP contribution in [-0.4, -0.2) is 61.4 Å². The smallest absolute Gasteiger partial charge is 0.386 e. The number of rotatable bonds is 8. The van der Waals surface area contributed by atoms with Gasteiger partial charge < -0.3 is 15.7 Å². The maximum atomic E-state index is 12.5. The summed E-state index contributed by atoms with van der Waals surface area (Å²) in [4.78, 5) is 5.91. The number of aliphatic imine (C=N–C) groups is 1. The van der Waals surface area contributed by atoms with Gasteiger partial charge in [0.1, 0.15) is 0 Å². The highest BCUT2D eigenvalue weighted by molar-refractivity contribution is 6.30. The predicted octanol–water partition coefficient (Wildman–Crippen LogP) is 3.59. The lowest BCUT2D eigenvalue weighted by molar-refractivity contribution is -0.148. The molecule has 0 amide bonds. The van der Waals surface area contributed by atoms with E-state index in [2.05, 4.69) is 15.6 Å². The number of hydrogen-bond donors (Lipinski definition) is 3. The lowest BCUT2D eigenvalue weighted by atomic mass is 9.93. The van der Waals surface area contributed by atoms with E-state index in [1.54, 1.807) is 24.3 Å². The fourth-order valence-electron chi connectivity index (χ4n) is 3.39. The van der Waals surface area contributed by atoms with Crippen molar-refractivity contribution in [2.75, 3.05) is 39.3 Å². The Hall–Kier alpha value is -1.51. The van der Waals surface area contributed by atoms with Crippen LogP contribution in [0.1, 0.15) is 37.9 Å². The molecule has 2 rings (SSSR count). The van der Waals surface area contributed by atoms with Crippen LogP contribution in [-0.2, 0) is 0 Å². The number of nitrogens with one attached hydrogen (secondary N) is 2. The van der Waals surface area contributed by atoms with E-state index in [4.69, 9.17) is 11.6 Å². The van der Waals surface area contributed by atoms with Crippen LogP contribution in [0.4, 0.5) is 13.2 Å². The first-order chi connectivity index (χ1) is 13.8. The van der Waals surface area contributed by atoms with E-state index in [0.717, 1.165) is 24.8 Å². The van der Waals surface area contributed by atoms with Gasteiger partial charge in [0.2, 0.25) is 0 Å². The fourth-order valence-corrected chi connectivity index (χ4v) is 3.52. The largest absolute Gasteiger partial charge is 0.401 e. The van der Waals surface area contributed by atoms with Gasteiger partial charge in [-0.1, -0.05) is 23.7 Å². The van der Waals surface area contributed by atoms with Crippen molar-refractivity contribution in [3.8, 4) is 0 Å². The minimum atomic E-state index is -4.12. The van der Waals surface area contributed by atoms with Crippen LogP contribution in [0.2, 0.25) is 5.02 Å². The minimum absolute atomic E-state index is 0.215. The number of aliphatic hydroxyl groups excluding tert-OH is 1. The topological polar surface area (TPSA) is 59.9 Å². The molecule has 0 spiro atoms. The molecule has 1 aliphatic heterocycles. The molecule has 1 atom stereocenters. The second-order valence-electron chi connectivity index (χ2n) is 7.34. The van der Waals surface area contributed by atoms with Crippen LogP contribution in [0, 0.1) is 5.92 Å². The van der Waals surface area contributed by atoms with Gasteiger partial charge in [-0.3, -0.25) is 9.89 Å². The van der Waals surface area contributed by atoms with Gasteiger partial charge >= 0.3 is 6.18 Å². The van der Waals surface area contributed by atoms with Crippen molar-refractivity contribution in [3.63, 3.8) is 0 Å². The Balaban J connectivity index is 1.73. The normalized spacial score (nSPS) is 17.9. The minimum Gasteiger partial charge on any atom is -0.386 e. The molecule has 1 fully saturated rings. The van der Waals surface area contributed by atoms with E-state index in [-0.39, 0.29) is 6.54 Å². The molecule has 1 aromatic rings. The number of piperidine rings is 1. The molecule has 0 saturated carbocycles. The molecule has 1 saturated heterocycles. The standard InChI is InChI=1S/C20H30ClF3N4O/c1-2-25-19(27-13-18(29)16-3-5-17(21)6-4-16)26-10-7-15-8-11-28(12-9-15)14-20(22,23)24/h3-6,15,18,29H,2,7-14H2,1H3,(H2,25,26,27). The molecule has 1 aromatic carbocycles. The quantitative estimate of drug-likeness (QED) is 0.432. The Kier molecular flexibility index (Phi) is 9.52. The lowest BCUT2D eigenvalue weighted by Gasteiger charge is -2.32. The monoisotopic (exact) mass is 434 g/mol. The van der Waals surface area contributed by atoms with E-state index in [9.17, 15) is 18.3 Å². The first kappa shape index (κ1) is 23.8. The van der Waals surface area contributed by atoms with Gasteiger partial charge in [-0.2, -0.15) is 13.2 Å². The van der Waals surface area contributed by atoms with Gasteiger partial charge in [0.25, 0.3) is 0 Å². The summed E-state index contributed by atoms with van der Waals surface area (Å²) in [6.45, 7) is 3.73. The third kappa shape index (κ3) is 9.23. The van der Waals surface area contributed by atoms with Crippen LogP contribution < -0.4 is 10.6 Å². The molecular formula is C20H30ClF3N4O. The van der Waals surface area contributed by atoms with E-state index in [1.165, 1.54) is 4.90 Å². The molecule has 0 aromatic heterocycles. The second-order valence-corrected chi connectivity index (χ2v) is 7.77. The summed E-state index contributed by atoms with van der Waals surface area (Å²) in [6.07, 6.45) is -2.41. The van der Waals surface area contributed by atoms with Crippen LogP contribution >= 0.6 is 11.6 Å². The highest BCUT2D eigenvalue weighted by atomic mass is 35.5. The molecule has 164 valence electrons. The van der Waals surface area contributed by atoms with Gasteiger partial charge in [-0.05, 0) is 62.9 Å². The molecule has 5 nitrogen and oxygen atoms in total. The van der Waals surface area contributed by atoms with Crippen molar-refractivity contribution in [3.05, 3.63) is 34.9 Å². The van der Waals surface area contributed by atoms with Crippen molar-refractivity contribution >= 4 is 17.6 Å². The number of halogens is 4. The summed E-state index contributed by atoms with van der Waals surface area (Å²) >= 11 is 5.86. The van der Waals surface area contributed by atoms with Crippen LogP contribution in [0.5, 0.6) is 0 Å². The molecule has 0 radical (unpaired) electrons. The van der Waals surface area contributed by atoms with Crippen LogP contribution in [0.3, 0.4) is 0 Å². The van der Waals surface area contributed by atoms with Gasteiger partial charge in [-0.25, -0.2) is 0 Å². The third-order valence-corrected chi connectivity index (χ3v) is 5.23. The van der Waals surface area contributed by atoms with Crippen LogP contribution in [0.15, 0.2) is 29.3 Å². The van der Waals surface area contributed by atoms with Gasteiger partial charge in [0.05, 0.1) is 19.2 Å². The summed E-state index contributed by atoms with van der Waals surface area (Å²) < 4.78 is 37.4. The van der Waals surface area contributed by atoms with E-state index in [1.807, 2.05) is 6.92 Å². The van der Waals surface area contributed by atoms with Crippen LogP contribution in [0.25, 0.3) is 0 Å².